The Hall–Kier alpha value is -1.75. The minimum absolute atomic E-state index is 0.721. The number of para-hydroxylation sites is 1. The summed E-state index contributed by atoms with van der Waals surface area (Å²) in [6, 6.07) is 8.32. The van der Waals surface area contributed by atoms with Crippen LogP contribution in [0.3, 0.4) is 0 Å². The van der Waals surface area contributed by atoms with Gasteiger partial charge in [-0.25, -0.2) is 0 Å². The molecule has 116 valence electrons. The third-order valence-corrected chi connectivity index (χ3v) is 4.79. The molecule has 0 saturated heterocycles. The fourth-order valence-corrected chi connectivity index (χ4v) is 3.76. The second kappa shape index (κ2) is 6.57. The average molecular weight is 314 g/mol. The minimum atomic E-state index is 0.721. The predicted octanol–water partition coefficient (Wildman–Crippen LogP) is 4.58. The van der Waals surface area contributed by atoms with Gasteiger partial charge in [0.05, 0.1) is 0 Å². The Balaban J connectivity index is 1.92. The van der Waals surface area contributed by atoms with Crippen LogP contribution in [0.5, 0.6) is 0 Å². The summed E-state index contributed by atoms with van der Waals surface area (Å²) in [5.74, 6) is 2.76. The molecule has 1 aromatic carbocycles. The van der Waals surface area contributed by atoms with E-state index in [1.807, 2.05) is 12.3 Å². The summed E-state index contributed by atoms with van der Waals surface area (Å²) in [4.78, 5) is 3.32. The van der Waals surface area contributed by atoms with Gasteiger partial charge in [0.1, 0.15) is 0 Å². The van der Waals surface area contributed by atoms with Gasteiger partial charge in [0.15, 0.2) is 11.0 Å². The molecule has 0 bridgehead atoms. The number of hydrogen-bond acceptors (Lipinski definition) is 3. The molecule has 0 amide bonds. The fourth-order valence-electron chi connectivity index (χ4n) is 2.52. The van der Waals surface area contributed by atoms with Crippen molar-refractivity contribution in [1.82, 2.24) is 19.7 Å². The third kappa shape index (κ3) is 2.90. The molecule has 0 aliphatic carbocycles. The number of nitrogens with zero attached hydrogens (tertiary/aromatic N) is 3. The summed E-state index contributed by atoms with van der Waals surface area (Å²) >= 11 is 1.80. The van der Waals surface area contributed by atoms with Crippen molar-refractivity contribution in [3.05, 3.63) is 30.5 Å². The molecule has 0 saturated carbocycles. The number of H-pyrrole nitrogens is 1. The topological polar surface area (TPSA) is 46.5 Å². The molecule has 0 aliphatic rings. The maximum atomic E-state index is 4.45. The van der Waals surface area contributed by atoms with Crippen LogP contribution in [0.15, 0.2) is 35.6 Å². The van der Waals surface area contributed by atoms with Gasteiger partial charge in [-0.3, -0.25) is 0 Å². The molecule has 0 spiro atoms. The number of fused-ring (bicyclic) bond motifs is 1. The summed E-state index contributed by atoms with van der Waals surface area (Å²) < 4.78 is 2.21. The van der Waals surface area contributed by atoms with Crippen molar-refractivity contribution in [2.75, 3.05) is 5.75 Å². The van der Waals surface area contributed by atoms with Gasteiger partial charge in [-0.1, -0.05) is 43.8 Å². The first-order valence-electron chi connectivity index (χ1n) is 7.83. The predicted molar refractivity (Wildman–Crippen MR) is 93.2 cm³/mol. The summed E-state index contributed by atoms with van der Waals surface area (Å²) in [6.07, 6.45) is 3.23. The summed E-state index contributed by atoms with van der Waals surface area (Å²) in [5, 5.41) is 11.1. The summed E-state index contributed by atoms with van der Waals surface area (Å²) in [7, 11) is 0. The number of benzene rings is 1. The maximum absolute atomic E-state index is 4.45. The normalized spacial score (nSPS) is 11.6. The lowest BCUT2D eigenvalue weighted by atomic mass is 10.1. The Morgan fingerprint density at radius 2 is 2.05 bits per heavy atom. The molecule has 0 fully saturated rings. The van der Waals surface area contributed by atoms with Gasteiger partial charge in [-0.15, -0.1) is 10.2 Å². The van der Waals surface area contributed by atoms with E-state index in [-0.39, 0.29) is 0 Å². The lowest BCUT2D eigenvalue weighted by molar-refractivity contribution is 0.629. The largest absolute Gasteiger partial charge is 0.360 e. The molecule has 2 aromatic heterocycles. The standard InChI is InChI=1S/C17H22N4S/c1-4-21-16(19-20-17(21)22-10-9-12(2)3)14-11-18-15-8-6-5-7-13(14)15/h5-8,11-12,18H,4,9-10H2,1-3H3. The Labute approximate surface area is 135 Å². The van der Waals surface area contributed by atoms with E-state index in [4.69, 9.17) is 0 Å². The molecule has 0 atom stereocenters. The van der Waals surface area contributed by atoms with Crippen molar-refractivity contribution in [1.29, 1.82) is 0 Å². The van der Waals surface area contributed by atoms with Crippen LogP contribution in [0.25, 0.3) is 22.3 Å². The van der Waals surface area contributed by atoms with Crippen LogP contribution in [0.2, 0.25) is 0 Å². The quantitative estimate of drug-likeness (QED) is 0.677. The van der Waals surface area contributed by atoms with Gasteiger partial charge in [-0.2, -0.15) is 0 Å². The highest BCUT2D eigenvalue weighted by Crippen LogP contribution is 2.30. The van der Waals surface area contributed by atoms with Crippen molar-refractivity contribution >= 4 is 22.7 Å². The lowest BCUT2D eigenvalue weighted by Gasteiger charge is -2.07. The van der Waals surface area contributed by atoms with Gasteiger partial charge in [0.25, 0.3) is 0 Å². The molecular weight excluding hydrogens is 292 g/mol. The maximum Gasteiger partial charge on any atom is 0.191 e. The Kier molecular flexibility index (Phi) is 4.52. The zero-order chi connectivity index (χ0) is 15.5. The second-order valence-electron chi connectivity index (χ2n) is 5.83. The van der Waals surface area contributed by atoms with E-state index in [9.17, 15) is 0 Å². The Morgan fingerprint density at radius 1 is 1.23 bits per heavy atom. The van der Waals surface area contributed by atoms with E-state index in [0.29, 0.717) is 0 Å². The van der Waals surface area contributed by atoms with E-state index < -0.39 is 0 Å². The van der Waals surface area contributed by atoms with Crippen LogP contribution < -0.4 is 0 Å². The number of thioether (sulfide) groups is 1. The first-order chi connectivity index (χ1) is 10.7. The highest BCUT2D eigenvalue weighted by atomic mass is 32.2. The number of hydrogen-bond donors (Lipinski definition) is 1. The van der Waals surface area contributed by atoms with Crippen LogP contribution in [0.4, 0.5) is 0 Å². The lowest BCUT2D eigenvalue weighted by Crippen LogP contribution is -2.00. The monoisotopic (exact) mass is 314 g/mol. The van der Waals surface area contributed by atoms with Crippen molar-refractivity contribution in [3.8, 4) is 11.4 Å². The SMILES string of the molecule is CCn1c(SCCC(C)C)nnc1-c1c[nH]c2ccccc12. The number of aromatic amines is 1. The highest BCUT2D eigenvalue weighted by molar-refractivity contribution is 7.99. The molecule has 4 nitrogen and oxygen atoms in total. The van der Waals surface area contributed by atoms with Crippen LogP contribution in [0.1, 0.15) is 27.2 Å². The molecule has 3 aromatic rings. The van der Waals surface area contributed by atoms with Gasteiger partial charge in [-0.05, 0) is 25.3 Å². The van der Waals surface area contributed by atoms with Gasteiger partial charge in [0.2, 0.25) is 0 Å². The van der Waals surface area contributed by atoms with Gasteiger partial charge >= 0.3 is 0 Å². The second-order valence-corrected chi connectivity index (χ2v) is 6.89. The van der Waals surface area contributed by atoms with Crippen molar-refractivity contribution in [2.45, 2.75) is 38.9 Å². The van der Waals surface area contributed by atoms with Crippen LogP contribution in [-0.2, 0) is 6.54 Å². The van der Waals surface area contributed by atoms with E-state index in [1.165, 1.54) is 11.8 Å². The van der Waals surface area contributed by atoms with Gasteiger partial charge < -0.3 is 9.55 Å². The third-order valence-electron chi connectivity index (χ3n) is 3.79. The first kappa shape index (κ1) is 15.2. The zero-order valence-electron chi connectivity index (χ0n) is 13.3. The highest BCUT2D eigenvalue weighted by Gasteiger charge is 2.16. The number of aromatic nitrogens is 4. The van der Waals surface area contributed by atoms with E-state index in [0.717, 1.165) is 40.3 Å². The minimum Gasteiger partial charge on any atom is -0.360 e. The summed E-state index contributed by atoms with van der Waals surface area (Å²) in [5.41, 5.74) is 2.26. The van der Waals surface area contributed by atoms with E-state index in [1.54, 1.807) is 11.8 Å². The molecule has 0 aliphatic heterocycles. The number of nitrogens with one attached hydrogen (secondary N) is 1. The van der Waals surface area contributed by atoms with E-state index >= 15 is 0 Å². The van der Waals surface area contributed by atoms with Crippen molar-refractivity contribution < 1.29 is 0 Å². The Bertz CT molecular complexity index is 757. The molecular formula is C17H22N4S. The molecule has 1 N–H and O–H groups in total. The zero-order valence-corrected chi connectivity index (χ0v) is 14.2. The average Bonchev–Trinajstić information content (AvgIpc) is 3.10. The summed E-state index contributed by atoms with van der Waals surface area (Å²) in [6.45, 7) is 7.53. The molecule has 22 heavy (non-hydrogen) atoms. The van der Waals surface area contributed by atoms with Crippen LogP contribution in [0, 0.1) is 5.92 Å². The van der Waals surface area contributed by atoms with Crippen molar-refractivity contribution in [3.63, 3.8) is 0 Å². The Morgan fingerprint density at radius 3 is 2.82 bits per heavy atom. The number of rotatable bonds is 6. The molecule has 5 heteroatoms. The fraction of sp³-hybridized carbons (Fsp3) is 0.412. The molecule has 2 heterocycles. The molecule has 0 radical (unpaired) electrons. The van der Waals surface area contributed by atoms with Crippen molar-refractivity contribution in [2.24, 2.45) is 5.92 Å². The van der Waals surface area contributed by atoms with E-state index in [2.05, 4.69) is 58.7 Å². The first-order valence-corrected chi connectivity index (χ1v) is 8.81. The molecule has 3 rings (SSSR count). The van der Waals surface area contributed by atoms with Gasteiger partial charge in [0, 0.05) is 35.0 Å². The smallest absolute Gasteiger partial charge is 0.191 e. The van der Waals surface area contributed by atoms with Crippen LogP contribution in [-0.4, -0.2) is 25.5 Å². The van der Waals surface area contributed by atoms with Crippen LogP contribution >= 0.6 is 11.8 Å². The molecule has 0 unspecified atom stereocenters.